The summed E-state index contributed by atoms with van der Waals surface area (Å²) < 4.78 is 5.44. The van der Waals surface area contributed by atoms with Crippen molar-refractivity contribution >= 4 is 17.6 Å². The van der Waals surface area contributed by atoms with E-state index in [0.29, 0.717) is 24.0 Å². The predicted molar refractivity (Wildman–Crippen MR) is 111 cm³/mol. The largest absolute Gasteiger partial charge is 0.578 e. The predicted octanol–water partition coefficient (Wildman–Crippen LogP) is 0.814. The minimum absolute atomic E-state index is 0.0571. The van der Waals surface area contributed by atoms with Gasteiger partial charge in [0.2, 0.25) is 0 Å². The summed E-state index contributed by atoms with van der Waals surface area (Å²) in [6, 6.07) is 2.62. The van der Waals surface area contributed by atoms with Gasteiger partial charge in [-0.25, -0.2) is 4.98 Å². The summed E-state index contributed by atoms with van der Waals surface area (Å²) in [7, 11) is 0. The summed E-state index contributed by atoms with van der Waals surface area (Å²) in [5, 5.41) is 29.6. The van der Waals surface area contributed by atoms with Gasteiger partial charge in [0.15, 0.2) is 0 Å². The summed E-state index contributed by atoms with van der Waals surface area (Å²) in [5.74, 6) is 0.971. The number of aliphatic hydroxyl groups excluding tert-OH is 1. The maximum absolute atomic E-state index is 10.00. The van der Waals surface area contributed by atoms with Gasteiger partial charge in [0.05, 0.1) is 0 Å². The van der Waals surface area contributed by atoms with E-state index in [9.17, 15) is 5.11 Å². The number of amidine groups is 1. The Labute approximate surface area is 166 Å². The van der Waals surface area contributed by atoms with Crippen LogP contribution in [0.5, 0.6) is 0 Å². The number of pyridine rings is 1. The number of piperidine rings is 1. The van der Waals surface area contributed by atoms with Crippen LogP contribution in [0.1, 0.15) is 37.3 Å². The van der Waals surface area contributed by atoms with Gasteiger partial charge in [0, 0.05) is 57.1 Å². The number of aliphatic hydroxyl groups is 1. The first-order valence-corrected chi connectivity index (χ1v) is 10.00. The molecule has 2 atom stereocenters. The molecule has 8 heteroatoms. The van der Waals surface area contributed by atoms with Gasteiger partial charge in [0.25, 0.3) is 0 Å². The molecule has 0 aromatic carbocycles. The lowest BCUT2D eigenvalue weighted by atomic mass is 9.91. The van der Waals surface area contributed by atoms with Crippen molar-refractivity contribution in [3.63, 3.8) is 0 Å². The number of aromatic nitrogens is 1. The molecule has 2 unspecified atom stereocenters. The van der Waals surface area contributed by atoms with Crippen LogP contribution in [0, 0.1) is 18.3 Å². The van der Waals surface area contributed by atoms with E-state index in [1.165, 1.54) is 0 Å². The number of hydrogen-bond donors (Lipinski definition) is 3. The van der Waals surface area contributed by atoms with E-state index in [0.717, 1.165) is 44.6 Å². The number of hydrogen-bond acceptors (Lipinski definition) is 6. The third kappa shape index (κ3) is 5.06. The van der Waals surface area contributed by atoms with E-state index in [4.69, 9.17) is 15.3 Å². The molecule has 2 saturated heterocycles. The van der Waals surface area contributed by atoms with Gasteiger partial charge in [-0.3, -0.25) is 5.41 Å². The first kappa shape index (κ1) is 20.7. The lowest BCUT2D eigenvalue weighted by Gasteiger charge is -2.41. The molecule has 8 nitrogen and oxygen atoms in total. The molecule has 0 aliphatic carbocycles. The Morgan fingerprint density at radius 2 is 2.18 bits per heavy atom. The normalized spacial score (nSPS) is 24.4. The minimum atomic E-state index is 0.0571. The highest BCUT2D eigenvalue weighted by Crippen LogP contribution is 2.26. The summed E-state index contributed by atoms with van der Waals surface area (Å²) in [6.45, 7) is 6.69. The van der Waals surface area contributed by atoms with E-state index < -0.39 is 0 Å². The van der Waals surface area contributed by atoms with Crippen molar-refractivity contribution in [2.24, 2.45) is 10.9 Å². The van der Waals surface area contributed by atoms with Crippen LogP contribution >= 0.6 is 0 Å². The monoisotopic (exact) mass is 390 g/mol. The Hall–Kier alpha value is -2.03. The van der Waals surface area contributed by atoms with Crippen LogP contribution < -0.4 is 10.2 Å². The molecule has 5 N–H and O–H groups in total. The molecule has 1 aromatic heterocycles. The van der Waals surface area contributed by atoms with Crippen LogP contribution in [0.25, 0.3) is 0 Å². The van der Waals surface area contributed by atoms with Gasteiger partial charge in [0.1, 0.15) is 17.2 Å². The highest BCUT2D eigenvalue weighted by atomic mass is 16.5. The number of aryl methyl sites for hydroxylation is 1. The lowest BCUT2D eigenvalue weighted by molar-refractivity contribution is 0.0673. The van der Waals surface area contributed by atoms with Crippen molar-refractivity contribution < 1.29 is 14.9 Å². The highest BCUT2D eigenvalue weighted by molar-refractivity contribution is 6.03. The third-order valence-corrected chi connectivity index (χ3v) is 5.48. The van der Waals surface area contributed by atoms with Crippen molar-refractivity contribution in [3.05, 3.63) is 23.4 Å². The summed E-state index contributed by atoms with van der Waals surface area (Å²) in [4.78, 5) is 10.7. The van der Waals surface area contributed by atoms with Gasteiger partial charge in [-0.15, -0.1) is 0 Å². The zero-order chi connectivity index (χ0) is 20.1. The van der Waals surface area contributed by atoms with Crippen molar-refractivity contribution in [2.75, 3.05) is 37.8 Å². The first-order chi connectivity index (χ1) is 13.5. The maximum Gasteiger partial charge on any atom is 0.369 e. The van der Waals surface area contributed by atoms with Gasteiger partial charge < -0.3 is 25.2 Å². The van der Waals surface area contributed by atoms with Gasteiger partial charge in [-0.2, -0.15) is 4.99 Å². The zero-order valence-corrected chi connectivity index (χ0v) is 16.7. The molecule has 0 amide bonds. The number of nitrogens with zero attached hydrogens (tertiary/aromatic N) is 3. The second-order valence-electron chi connectivity index (χ2n) is 7.77. The molecule has 0 saturated carbocycles. The summed E-state index contributed by atoms with van der Waals surface area (Å²) in [5.41, 5.74) is 1.59. The average Bonchev–Trinajstić information content (AvgIpc) is 2.68. The molecule has 2 aliphatic rings. The zero-order valence-electron chi connectivity index (χ0n) is 16.7. The number of rotatable bonds is 5. The molecule has 2 fully saturated rings. The number of ether oxygens (including phenoxy) is 1. The van der Waals surface area contributed by atoms with Crippen LogP contribution in [0.15, 0.2) is 17.3 Å². The van der Waals surface area contributed by atoms with E-state index in [-0.39, 0.29) is 30.3 Å². The van der Waals surface area contributed by atoms with Crippen LogP contribution in [0.3, 0.4) is 0 Å². The van der Waals surface area contributed by atoms with E-state index in [2.05, 4.69) is 20.2 Å². The van der Waals surface area contributed by atoms with Gasteiger partial charge in [-0.1, -0.05) is 0 Å². The standard InChI is InChI=1S/C20H31N5O3/c1-13-9-17(20(27)23-14(2)21)19(22-10-13)25-6-3-18(15(11-25)12-26)24-16-4-7-28-8-5-16/h9-10,15-16,18,24,26H,3-8,11-12H2,1-2H3,(H2,21,23,27)/p+1. The van der Waals surface area contributed by atoms with E-state index in [1.807, 2.05) is 13.0 Å². The molecule has 0 radical (unpaired) electrons. The van der Waals surface area contributed by atoms with Gasteiger partial charge in [-0.05, 0) is 44.7 Å². The summed E-state index contributed by atoms with van der Waals surface area (Å²) in [6.07, 6.45) is 4.74. The lowest BCUT2D eigenvalue weighted by Crippen LogP contribution is -2.54. The number of nitrogens with one attached hydrogen (secondary N) is 2. The number of anilines is 1. The van der Waals surface area contributed by atoms with Crippen molar-refractivity contribution in [1.29, 1.82) is 5.41 Å². The van der Waals surface area contributed by atoms with Crippen molar-refractivity contribution in [2.45, 2.75) is 45.2 Å². The Balaban J connectivity index is 1.76. The molecule has 1 aromatic rings. The number of aliphatic imine (C=N–C) groups is 1. The van der Waals surface area contributed by atoms with Crippen LogP contribution in [-0.2, 0) is 4.74 Å². The fourth-order valence-corrected chi connectivity index (χ4v) is 4.01. The molecule has 28 heavy (non-hydrogen) atoms. The Morgan fingerprint density at radius 3 is 2.86 bits per heavy atom. The van der Waals surface area contributed by atoms with Crippen LogP contribution in [-0.4, -0.2) is 71.9 Å². The quantitative estimate of drug-likeness (QED) is 0.391. The first-order valence-electron chi connectivity index (χ1n) is 10.00. The molecule has 3 rings (SSSR count). The molecular weight excluding hydrogens is 358 g/mol. The Bertz CT molecular complexity index is 718. The van der Waals surface area contributed by atoms with Gasteiger partial charge >= 0.3 is 5.90 Å². The van der Waals surface area contributed by atoms with Crippen molar-refractivity contribution in [1.82, 2.24) is 10.3 Å². The molecule has 0 bridgehead atoms. The molecule has 3 heterocycles. The van der Waals surface area contributed by atoms with E-state index >= 15 is 0 Å². The highest BCUT2D eigenvalue weighted by Gasteiger charge is 2.33. The topological polar surface area (TPSA) is 117 Å². The third-order valence-electron chi connectivity index (χ3n) is 5.48. The SMILES string of the molecule is CC(=N)N=C([OH2+])c1cc(C)cnc1N1CCC(NC2CCOCC2)C(CO)C1. The molecular formula is C20H32N5O3+. The average molecular weight is 391 g/mol. The van der Waals surface area contributed by atoms with Crippen LogP contribution in [0.2, 0.25) is 0 Å². The fraction of sp³-hybridized carbons (Fsp3) is 0.650. The van der Waals surface area contributed by atoms with Crippen LogP contribution in [0.4, 0.5) is 5.82 Å². The Kier molecular flexibility index (Phi) is 6.98. The van der Waals surface area contributed by atoms with Crippen molar-refractivity contribution in [3.8, 4) is 0 Å². The molecule has 154 valence electrons. The smallest absolute Gasteiger partial charge is 0.369 e. The molecule has 2 aliphatic heterocycles. The maximum atomic E-state index is 10.00. The second kappa shape index (κ2) is 9.45. The summed E-state index contributed by atoms with van der Waals surface area (Å²) >= 11 is 0. The minimum Gasteiger partial charge on any atom is -0.578 e. The van der Waals surface area contributed by atoms with E-state index in [1.54, 1.807) is 13.1 Å². The Morgan fingerprint density at radius 1 is 1.43 bits per heavy atom. The second-order valence-corrected chi connectivity index (χ2v) is 7.77. The fourth-order valence-electron chi connectivity index (χ4n) is 4.01. The molecule has 0 spiro atoms.